The van der Waals surface area contributed by atoms with Crippen molar-refractivity contribution in [2.24, 2.45) is 0 Å². The van der Waals surface area contributed by atoms with Crippen molar-refractivity contribution in [1.82, 2.24) is 0 Å². The standard InChI is InChI=1S/C14H14ClN/c1-10-7-8-11(9-13(10)15)12-5-3-4-6-14(12)16-2/h3-9,16H,1-2H3. The van der Waals surface area contributed by atoms with E-state index in [4.69, 9.17) is 11.6 Å². The van der Waals surface area contributed by atoms with Crippen molar-refractivity contribution >= 4 is 17.3 Å². The Hall–Kier alpha value is -1.47. The summed E-state index contributed by atoms with van der Waals surface area (Å²) in [7, 11) is 1.93. The van der Waals surface area contributed by atoms with Crippen LogP contribution in [0.2, 0.25) is 5.02 Å². The van der Waals surface area contributed by atoms with Crippen LogP contribution in [-0.2, 0) is 0 Å². The van der Waals surface area contributed by atoms with E-state index in [0.29, 0.717) is 0 Å². The van der Waals surface area contributed by atoms with Gasteiger partial charge in [-0.1, -0.05) is 41.9 Å². The van der Waals surface area contributed by atoms with Crippen molar-refractivity contribution < 1.29 is 0 Å². The fourth-order valence-electron chi connectivity index (χ4n) is 1.71. The van der Waals surface area contributed by atoms with Crippen molar-refractivity contribution in [2.45, 2.75) is 6.92 Å². The highest BCUT2D eigenvalue weighted by Gasteiger charge is 2.04. The number of benzene rings is 2. The van der Waals surface area contributed by atoms with E-state index in [1.54, 1.807) is 0 Å². The summed E-state index contributed by atoms with van der Waals surface area (Å²) in [5.74, 6) is 0. The number of anilines is 1. The molecular weight excluding hydrogens is 218 g/mol. The lowest BCUT2D eigenvalue weighted by Gasteiger charge is -2.10. The molecule has 0 spiro atoms. The van der Waals surface area contributed by atoms with Gasteiger partial charge in [-0.15, -0.1) is 0 Å². The number of aryl methyl sites for hydroxylation is 1. The van der Waals surface area contributed by atoms with Gasteiger partial charge in [0.1, 0.15) is 0 Å². The fraction of sp³-hybridized carbons (Fsp3) is 0.143. The first-order valence-corrected chi connectivity index (χ1v) is 5.63. The molecular formula is C14H14ClN. The van der Waals surface area contributed by atoms with Crippen molar-refractivity contribution in [3.8, 4) is 11.1 Å². The number of halogens is 1. The maximum Gasteiger partial charge on any atom is 0.0441 e. The van der Waals surface area contributed by atoms with Crippen LogP contribution in [0.5, 0.6) is 0 Å². The summed E-state index contributed by atoms with van der Waals surface area (Å²) in [6, 6.07) is 14.3. The fourth-order valence-corrected chi connectivity index (χ4v) is 1.89. The van der Waals surface area contributed by atoms with E-state index >= 15 is 0 Å². The third kappa shape index (κ3) is 2.05. The zero-order valence-corrected chi connectivity index (χ0v) is 10.2. The number of para-hydroxylation sites is 1. The van der Waals surface area contributed by atoms with E-state index in [2.05, 4.69) is 23.5 Å². The Labute approximate surface area is 101 Å². The molecule has 2 aromatic rings. The van der Waals surface area contributed by atoms with Gasteiger partial charge < -0.3 is 5.32 Å². The highest BCUT2D eigenvalue weighted by atomic mass is 35.5. The lowest BCUT2D eigenvalue weighted by atomic mass is 10.0. The Balaban J connectivity index is 2.54. The highest BCUT2D eigenvalue weighted by Crippen LogP contribution is 2.30. The van der Waals surface area contributed by atoms with Crippen LogP contribution in [0.25, 0.3) is 11.1 Å². The molecule has 0 heterocycles. The largest absolute Gasteiger partial charge is 0.388 e. The average Bonchev–Trinajstić information content (AvgIpc) is 2.32. The van der Waals surface area contributed by atoms with Crippen molar-refractivity contribution in [3.05, 3.63) is 53.1 Å². The average molecular weight is 232 g/mol. The molecule has 0 aliphatic carbocycles. The van der Waals surface area contributed by atoms with E-state index < -0.39 is 0 Å². The summed E-state index contributed by atoms with van der Waals surface area (Å²) in [4.78, 5) is 0. The van der Waals surface area contributed by atoms with Crippen LogP contribution in [0.4, 0.5) is 5.69 Å². The number of nitrogens with one attached hydrogen (secondary N) is 1. The number of rotatable bonds is 2. The van der Waals surface area contributed by atoms with E-state index in [0.717, 1.165) is 21.8 Å². The summed E-state index contributed by atoms with van der Waals surface area (Å²) < 4.78 is 0. The van der Waals surface area contributed by atoms with Crippen LogP contribution >= 0.6 is 11.6 Å². The summed E-state index contributed by atoms with van der Waals surface area (Å²) in [5, 5.41) is 3.99. The van der Waals surface area contributed by atoms with E-state index in [-0.39, 0.29) is 0 Å². The van der Waals surface area contributed by atoms with Crippen LogP contribution < -0.4 is 5.32 Å². The highest BCUT2D eigenvalue weighted by molar-refractivity contribution is 6.31. The molecule has 0 aliphatic heterocycles. The number of hydrogen-bond donors (Lipinski definition) is 1. The number of hydrogen-bond acceptors (Lipinski definition) is 1. The summed E-state index contributed by atoms with van der Waals surface area (Å²) >= 11 is 6.14. The normalized spacial score (nSPS) is 10.2. The van der Waals surface area contributed by atoms with Gasteiger partial charge >= 0.3 is 0 Å². The third-order valence-corrected chi connectivity index (χ3v) is 3.09. The molecule has 1 N–H and O–H groups in total. The molecule has 0 aliphatic rings. The van der Waals surface area contributed by atoms with Gasteiger partial charge in [-0.2, -0.15) is 0 Å². The molecule has 2 heteroatoms. The molecule has 16 heavy (non-hydrogen) atoms. The maximum atomic E-state index is 6.14. The van der Waals surface area contributed by atoms with Crippen LogP contribution in [0, 0.1) is 6.92 Å². The zero-order valence-electron chi connectivity index (χ0n) is 9.42. The minimum atomic E-state index is 0.809. The van der Waals surface area contributed by atoms with Crippen LogP contribution in [-0.4, -0.2) is 7.05 Å². The predicted octanol–water partition coefficient (Wildman–Crippen LogP) is 4.36. The molecule has 0 radical (unpaired) electrons. The minimum absolute atomic E-state index is 0.809. The van der Waals surface area contributed by atoms with Gasteiger partial charge in [-0.3, -0.25) is 0 Å². The quantitative estimate of drug-likeness (QED) is 0.810. The SMILES string of the molecule is CNc1ccccc1-c1ccc(C)c(Cl)c1. The Morgan fingerprint density at radius 2 is 1.81 bits per heavy atom. The second-order valence-corrected chi connectivity index (χ2v) is 4.17. The topological polar surface area (TPSA) is 12.0 Å². The second kappa shape index (κ2) is 4.58. The third-order valence-electron chi connectivity index (χ3n) is 2.68. The summed E-state index contributed by atoms with van der Waals surface area (Å²) in [6.07, 6.45) is 0. The second-order valence-electron chi connectivity index (χ2n) is 3.76. The van der Waals surface area contributed by atoms with Gasteiger partial charge in [0.05, 0.1) is 0 Å². The Bertz CT molecular complexity index is 506. The first-order valence-electron chi connectivity index (χ1n) is 5.25. The Morgan fingerprint density at radius 1 is 1.06 bits per heavy atom. The minimum Gasteiger partial charge on any atom is -0.388 e. The molecule has 2 rings (SSSR count). The zero-order chi connectivity index (χ0) is 11.5. The maximum absolute atomic E-state index is 6.14. The lowest BCUT2D eigenvalue weighted by Crippen LogP contribution is -1.91. The van der Waals surface area contributed by atoms with E-state index in [9.17, 15) is 0 Å². The first-order chi connectivity index (χ1) is 7.72. The van der Waals surface area contributed by atoms with Gasteiger partial charge in [0.2, 0.25) is 0 Å². The van der Waals surface area contributed by atoms with Crippen LogP contribution in [0.1, 0.15) is 5.56 Å². The molecule has 0 saturated carbocycles. The van der Waals surface area contributed by atoms with Gasteiger partial charge in [-0.25, -0.2) is 0 Å². The first kappa shape index (κ1) is 11.0. The molecule has 82 valence electrons. The molecule has 1 nitrogen and oxygen atoms in total. The lowest BCUT2D eigenvalue weighted by molar-refractivity contribution is 1.45. The monoisotopic (exact) mass is 231 g/mol. The Kier molecular flexibility index (Phi) is 3.16. The Morgan fingerprint density at radius 3 is 2.50 bits per heavy atom. The van der Waals surface area contributed by atoms with Gasteiger partial charge in [0, 0.05) is 23.3 Å². The van der Waals surface area contributed by atoms with Crippen molar-refractivity contribution in [3.63, 3.8) is 0 Å². The molecule has 0 fully saturated rings. The summed E-state index contributed by atoms with van der Waals surface area (Å²) in [6.45, 7) is 2.01. The molecule has 0 saturated heterocycles. The van der Waals surface area contributed by atoms with Crippen molar-refractivity contribution in [1.29, 1.82) is 0 Å². The van der Waals surface area contributed by atoms with Gasteiger partial charge in [-0.05, 0) is 30.2 Å². The summed E-state index contributed by atoms with van der Waals surface area (Å²) in [5.41, 5.74) is 4.53. The predicted molar refractivity (Wildman–Crippen MR) is 71.2 cm³/mol. The molecule has 0 amide bonds. The molecule has 2 aromatic carbocycles. The van der Waals surface area contributed by atoms with Crippen LogP contribution in [0.3, 0.4) is 0 Å². The van der Waals surface area contributed by atoms with Gasteiger partial charge in [0.15, 0.2) is 0 Å². The molecule has 0 aromatic heterocycles. The molecule has 0 bridgehead atoms. The molecule has 0 atom stereocenters. The smallest absolute Gasteiger partial charge is 0.0441 e. The molecule has 0 unspecified atom stereocenters. The van der Waals surface area contributed by atoms with E-state index in [1.165, 1.54) is 5.56 Å². The van der Waals surface area contributed by atoms with Crippen molar-refractivity contribution in [2.75, 3.05) is 12.4 Å². The van der Waals surface area contributed by atoms with E-state index in [1.807, 2.05) is 38.2 Å². The van der Waals surface area contributed by atoms with Gasteiger partial charge in [0.25, 0.3) is 0 Å². The van der Waals surface area contributed by atoms with Crippen LogP contribution in [0.15, 0.2) is 42.5 Å².